The summed E-state index contributed by atoms with van der Waals surface area (Å²) in [5.41, 5.74) is 0.598. The number of tetrazole rings is 1. The molecule has 1 aliphatic heterocycles. The number of nitrogens with zero attached hydrogens (tertiary/aromatic N) is 8. The van der Waals surface area contributed by atoms with Gasteiger partial charge in [-0.25, -0.2) is 4.98 Å². The first-order valence-electron chi connectivity index (χ1n) is 8.09. The van der Waals surface area contributed by atoms with Crippen LogP contribution in [-0.4, -0.2) is 59.4 Å². The van der Waals surface area contributed by atoms with E-state index in [0.717, 1.165) is 23.7 Å². The van der Waals surface area contributed by atoms with Gasteiger partial charge in [0.05, 0.1) is 19.3 Å². The molecule has 1 aliphatic rings. The fraction of sp³-hybridized carbons (Fsp3) is 0.571. The summed E-state index contributed by atoms with van der Waals surface area (Å²) in [7, 11) is 1.73. The van der Waals surface area contributed by atoms with E-state index in [1.807, 2.05) is 6.92 Å². The zero-order valence-corrected chi connectivity index (χ0v) is 14.8. The van der Waals surface area contributed by atoms with Crippen molar-refractivity contribution in [2.75, 3.05) is 19.7 Å². The van der Waals surface area contributed by atoms with Crippen molar-refractivity contribution >= 4 is 16.3 Å². The van der Waals surface area contributed by atoms with Crippen molar-refractivity contribution in [1.82, 2.24) is 39.7 Å². The second kappa shape index (κ2) is 6.58. The highest BCUT2D eigenvalue weighted by Crippen LogP contribution is 2.20. The molecule has 25 heavy (non-hydrogen) atoms. The normalized spacial score (nSPS) is 18.9. The number of hydrogen-bond donors (Lipinski definition) is 0. The van der Waals surface area contributed by atoms with E-state index in [9.17, 15) is 4.79 Å². The number of aromatic nitrogens is 7. The minimum Gasteiger partial charge on any atom is -0.367 e. The number of rotatable bonds is 4. The van der Waals surface area contributed by atoms with E-state index in [4.69, 9.17) is 4.74 Å². The Morgan fingerprint density at radius 2 is 2.28 bits per heavy atom. The minimum atomic E-state index is -0.220. The standard InChI is InChI=1S/C14H18N8O2S/c1-3-11-17-22-12(23)6-9(15-14(22)25-11)7-21-4-5-24-10(8-21)13-16-19-20(2)18-13/h6,10H,3-5,7-8H2,1-2H3. The van der Waals surface area contributed by atoms with E-state index in [2.05, 4.69) is 30.4 Å². The smallest absolute Gasteiger partial charge is 0.275 e. The maximum Gasteiger partial charge on any atom is 0.275 e. The third kappa shape index (κ3) is 3.30. The molecule has 0 N–H and O–H groups in total. The molecular formula is C14H18N8O2S. The van der Waals surface area contributed by atoms with Crippen molar-refractivity contribution in [3.63, 3.8) is 0 Å². The van der Waals surface area contributed by atoms with Crippen molar-refractivity contribution in [1.29, 1.82) is 0 Å². The molecule has 10 nitrogen and oxygen atoms in total. The zero-order valence-electron chi connectivity index (χ0n) is 14.0. The molecule has 1 saturated heterocycles. The molecule has 1 unspecified atom stereocenters. The van der Waals surface area contributed by atoms with Crippen LogP contribution in [0.4, 0.5) is 0 Å². The number of fused-ring (bicyclic) bond motifs is 1. The van der Waals surface area contributed by atoms with E-state index in [0.29, 0.717) is 30.5 Å². The van der Waals surface area contributed by atoms with Crippen LogP contribution >= 0.6 is 11.3 Å². The molecule has 1 atom stereocenters. The third-order valence-electron chi connectivity index (χ3n) is 3.99. The molecule has 132 valence electrons. The summed E-state index contributed by atoms with van der Waals surface area (Å²) in [6.07, 6.45) is 0.571. The van der Waals surface area contributed by atoms with E-state index in [1.54, 1.807) is 13.1 Å². The predicted octanol–water partition coefficient (Wildman–Crippen LogP) is -0.190. The van der Waals surface area contributed by atoms with E-state index < -0.39 is 0 Å². The van der Waals surface area contributed by atoms with E-state index >= 15 is 0 Å². The van der Waals surface area contributed by atoms with Crippen LogP contribution in [0.2, 0.25) is 0 Å². The molecule has 4 rings (SSSR count). The van der Waals surface area contributed by atoms with E-state index in [1.165, 1.54) is 20.6 Å². The SMILES string of the molecule is CCc1nn2c(=O)cc(CN3CCOC(c4nnn(C)n4)C3)nc2s1. The quantitative estimate of drug-likeness (QED) is 0.629. The van der Waals surface area contributed by atoms with Crippen molar-refractivity contribution in [2.45, 2.75) is 26.0 Å². The topological polar surface area (TPSA) is 103 Å². The van der Waals surface area contributed by atoms with E-state index in [-0.39, 0.29) is 11.7 Å². The maximum absolute atomic E-state index is 12.3. The van der Waals surface area contributed by atoms with Crippen LogP contribution in [0.15, 0.2) is 10.9 Å². The van der Waals surface area contributed by atoms with Crippen LogP contribution in [0.3, 0.4) is 0 Å². The van der Waals surface area contributed by atoms with Crippen LogP contribution in [0.1, 0.15) is 29.6 Å². The Morgan fingerprint density at radius 3 is 3.04 bits per heavy atom. The van der Waals surface area contributed by atoms with Crippen molar-refractivity contribution in [3.8, 4) is 0 Å². The first-order chi connectivity index (χ1) is 12.1. The number of hydrogen-bond acceptors (Lipinski definition) is 9. The maximum atomic E-state index is 12.3. The molecule has 3 aromatic heterocycles. The largest absolute Gasteiger partial charge is 0.367 e. The first kappa shape index (κ1) is 16.2. The Bertz CT molecular complexity index is 948. The highest BCUT2D eigenvalue weighted by atomic mass is 32.1. The van der Waals surface area contributed by atoms with Gasteiger partial charge in [-0.3, -0.25) is 9.69 Å². The average Bonchev–Trinajstić information content (AvgIpc) is 3.21. The Hall–Kier alpha value is -2.24. The van der Waals surface area contributed by atoms with Gasteiger partial charge in [-0.15, -0.1) is 10.2 Å². The van der Waals surface area contributed by atoms with Crippen LogP contribution in [-0.2, 0) is 24.8 Å². The van der Waals surface area contributed by atoms with Crippen LogP contribution < -0.4 is 5.56 Å². The summed E-state index contributed by atoms with van der Waals surface area (Å²) in [5.74, 6) is 0.575. The number of aryl methyl sites for hydroxylation is 2. The fourth-order valence-electron chi connectivity index (χ4n) is 2.78. The Kier molecular flexibility index (Phi) is 4.27. The number of morpholine rings is 1. The van der Waals surface area contributed by atoms with Gasteiger partial charge in [-0.05, 0) is 11.6 Å². The molecule has 0 aliphatic carbocycles. The molecule has 0 aromatic carbocycles. The van der Waals surface area contributed by atoms with Gasteiger partial charge >= 0.3 is 0 Å². The summed E-state index contributed by atoms with van der Waals surface area (Å²) in [6, 6.07) is 1.55. The van der Waals surface area contributed by atoms with Crippen LogP contribution in [0.5, 0.6) is 0 Å². The molecule has 0 amide bonds. The van der Waals surface area contributed by atoms with Gasteiger partial charge < -0.3 is 4.74 Å². The highest BCUT2D eigenvalue weighted by Gasteiger charge is 2.26. The van der Waals surface area contributed by atoms with Gasteiger partial charge in [-0.2, -0.15) is 14.4 Å². The zero-order chi connectivity index (χ0) is 17.4. The Morgan fingerprint density at radius 1 is 1.40 bits per heavy atom. The molecule has 1 fully saturated rings. The minimum absolute atomic E-state index is 0.142. The molecule has 0 spiro atoms. The van der Waals surface area contributed by atoms with Crippen LogP contribution in [0, 0.1) is 0 Å². The lowest BCUT2D eigenvalue weighted by Crippen LogP contribution is -2.38. The van der Waals surface area contributed by atoms with Crippen molar-refractivity contribution in [2.24, 2.45) is 7.05 Å². The van der Waals surface area contributed by atoms with Gasteiger partial charge in [0.15, 0.2) is 0 Å². The lowest BCUT2D eigenvalue weighted by atomic mass is 10.2. The Labute approximate surface area is 147 Å². The predicted molar refractivity (Wildman–Crippen MR) is 89.3 cm³/mol. The van der Waals surface area contributed by atoms with Crippen molar-refractivity contribution in [3.05, 3.63) is 32.9 Å². The van der Waals surface area contributed by atoms with Gasteiger partial charge in [-0.1, -0.05) is 18.3 Å². The van der Waals surface area contributed by atoms with Crippen molar-refractivity contribution < 1.29 is 4.74 Å². The summed E-state index contributed by atoms with van der Waals surface area (Å²) in [5, 5.41) is 17.3. The van der Waals surface area contributed by atoms with Gasteiger partial charge in [0.2, 0.25) is 10.8 Å². The highest BCUT2D eigenvalue weighted by molar-refractivity contribution is 7.16. The fourth-order valence-corrected chi connectivity index (χ4v) is 3.64. The summed E-state index contributed by atoms with van der Waals surface area (Å²) in [6.45, 7) is 4.56. The second-order valence-electron chi connectivity index (χ2n) is 5.86. The Balaban J connectivity index is 1.53. The molecule has 0 saturated carbocycles. The summed E-state index contributed by atoms with van der Waals surface area (Å²) in [4.78, 5) is 21.1. The lowest BCUT2D eigenvalue weighted by Gasteiger charge is -2.30. The summed E-state index contributed by atoms with van der Waals surface area (Å²) >= 11 is 1.45. The molecule has 11 heteroatoms. The molecular weight excluding hydrogens is 344 g/mol. The average molecular weight is 362 g/mol. The second-order valence-corrected chi connectivity index (χ2v) is 6.90. The van der Waals surface area contributed by atoms with Gasteiger partial charge in [0, 0.05) is 25.7 Å². The van der Waals surface area contributed by atoms with Crippen LogP contribution in [0.25, 0.3) is 4.96 Å². The number of ether oxygens (including phenoxy) is 1. The molecule has 0 radical (unpaired) electrons. The van der Waals surface area contributed by atoms with Gasteiger partial charge in [0.1, 0.15) is 11.1 Å². The molecule has 3 aromatic rings. The first-order valence-corrected chi connectivity index (χ1v) is 8.90. The third-order valence-corrected chi connectivity index (χ3v) is 5.04. The summed E-state index contributed by atoms with van der Waals surface area (Å²) < 4.78 is 7.12. The molecule has 0 bridgehead atoms. The molecule has 4 heterocycles. The van der Waals surface area contributed by atoms with Gasteiger partial charge in [0.25, 0.3) is 5.56 Å². The lowest BCUT2D eigenvalue weighted by molar-refractivity contribution is -0.0376. The monoisotopic (exact) mass is 362 g/mol.